The van der Waals surface area contributed by atoms with Gasteiger partial charge in [-0.15, -0.1) is 0 Å². The van der Waals surface area contributed by atoms with Crippen molar-refractivity contribution in [3.05, 3.63) is 52.3 Å². The molecule has 8 heteroatoms. The van der Waals surface area contributed by atoms with Crippen LogP contribution in [0.2, 0.25) is 0 Å². The third kappa shape index (κ3) is 5.05. The fourth-order valence-corrected chi connectivity index (χ4v) is 4.90. The van der Waals surface area contributed by atoms with Crippen molar-refractivity contribution in [1.82, 2.24) is 5.01 Å². The Morgan fingerprint density at radius 1 is 1.15 bits per heavy atom. The summed E-state index contributed by atoms with van der Waals surface area (Å²) in [7, 11) is 3.33. The van der Waals surface area contributed by atoms with Crippen molar-refractivity contribution in [2.45, 2.75) is 71.8 Å². The van der Waals surface area contributed by atoms with E-state index in [1.54, 1.807) is 14.2 Å². The molecule has 1 aromatic rings. The first-order chi connectivity index (χ1) is 16.0. The number of ether oxygens (including phenoxy) is 1. The van der Waals surface area contributed by atoms with Crippen LogP contribution in [-0.2, 0) is 16.2 Å². The quantitative estimate of drug-likeness (QED) is 0.442. The van der Waals surface area contributed by atoms with Gasteiger partial charge >= 0.3 is 0 Å². The lowest BCUT2D eigenvalue weighted by Crippen LogP contribution is -2.36. The molecule has 0 spiro atoms. The Bertz CT molecular complexity index is 978. The van der Waals surface area contributed by atoms with E-state index in [4.69, 9.17) is 9.57 Å². The van der Waals surface area contributed by atoms with Crippen molar-refractivity contribution >= 4 is 11.4 Å². The minimum absolute atomic E-state index is 0.405. The van der Waals surface area contributed by atoms with Gasteiger partial charge in [0.25, 0.3) is 0 Å². The van der Waals surface area contributed by atoms with Crippen LogP contribution in [-0.4, -0.2) is 36.3 Å². The molecule has 33 heavy (non-hydrogen) atoms. The summed E-state index contributed by atoms with van der Waals surface area (Å²) in [5.41, 5.74) is 6.40. The lowest BCUT2D eigenvalue weighted by Gasteiger charge is -2.27. The van der Waals surface area contributed by atoms with E-state index in [9.17, 15) is 5.11 Å². The van der Waals surface area contributed by atoms with Crippen LogP contribution in [0.1, 0.15) is 63.0 Å². The second-order valence-corrected chi connectivity index (χ2v) is 9.07. The van der Waals surface area contributed by atoms with E-state index in [1.165, 1.54) is 47.7 Å². The van der Waals surface area contributed by atoms with E-state index < -0.39 is 6.35 Å². The van der Waals surface area contributed by atoms with Gasteiger partial charge in [0.2, 0.25) is 6.35 Å². The number of aliphatic hydroxyl groups excluding tert-OH is 1. The van der Waals surface area contributed by atoms with Crippen molar-refractivity contribution in [3.63, 3.8) is 0 Å². The fraction of sp³-hybridized carbons (Fsp3) is 0.560. The van der Waals surface area contributed by atoms with Crippen LogP contribution < -0.4 is 5.01 Å². The van der Waals surface area contributed by atoms with Crippen molar-refractivity contribution in [2.24, 2.45) is 21.5 Å². The van der Waals surface area contributed by atoms with Gasteiger partial charge in [0.1, 0.15) is 13.7 Å². The van der Waals surface area contributed by atoms with E-state index >= 15 is 0 Å². The Morgan fingerprint density at radius 2 is 1.94 bits per heavy atom. The topological polar surface area (TPSA) is 82.2 Å². The molecule has 1 fully saturated rings. The van der Waals surface area contributed by atoms with Crippen LogP contribution in [0, 0.1) is 12.8 Å². The first-order valence-corrected chi connectivity index (χ1v) is 11.8. The molecule has 8 nitrogen and oxygen atoms in total. The van der Waals surface area contributed by atoms with E-state index in [-0.39, 0.29) is 0 Å². The van der Waals surface area contributed by atoms with Gasteiger partial charge in [-0.1, -0.05) is 42.6 Å². The summed E-state index contributed by atoms with van der Waals surface area (Å²) in [4.78, 5) is 5.22. The zero-order valence-electron chi connectivity index (χ0n) is 20.1. The zero-order valence-corrected chi connectivity index (χ0v) is 20.1. The molecule has 0 saturated heterocycles. The smallest absolute Gasteiger partial charge is 0.245 e. The number of hydrogen-bond donors (Lipinski definition) is 1. The molecule has 0 radical (unpaired) electrons. The van der Waals surface area contributed by atoms with Crippen molar-refractivity contribution in [2.75, 3.05) is 19.2 Å². The van der Waals surface area contributed by atoms with Crippen molar-refractivity contribution < 1.29 is 14.7 Å². The molecule has 1 aliphatic heterocycles. The highest BCUT2D eigenvalue weighted by molar-refractivity contribution is 6.02. The van der Waals surface area contributed by atoms with E-state index in [1.807, 2.05) is 25.1 Å². The molecule has 2 aliphatic carbocycles. The number of anilines is 1. The minimum atomic E-state index is -0.926. The number of nitrogens with zero attached hydrogens (tertiary/aromatic N) is 5. The fourth-order valence-electron chi connectivity index (χ4n) is 4.90. The molecule has 178 valence electrons. The number of aliphatic hydroxyl groups is 1. The SMILES string of the molecule is CON=C(C1=CC(C)=C(OCc2c(C)cccc2N2N=NN(C)C2O)CC1)C1CCCCC1. The van der Waals surface area contributed by atoms with Gasteiger partial charge < -0.3 is 14.7 Å². The number of benzene rings is 1. The van der Waals surface area contributed by atoms with Gasteiger partial charge in [-0.05, 0) is 66.3 Å². The van der Waals surface area contributed by atoms with Crippen LogP contribution >= 0.6 is 0 Å². The van der Waals surface area contributed by atoms with Gasteiger partial charge in [-0.2, -0.15) is 5.01 Å². The molecule has 0 bridgehead atoms. The summed E-state index contributed by atoms with van der Waals surface area (Å²) >= 11 is 0. The lowest BCUT2D eigenvalue weighted by atomic mass is 9.80. The summed E-state index contributed by atoms with van der Waals surface area (Å²) in [5, 5.41) is 25.8. The second-order valence-electron chi connectivity index (χ2n) is 9.07. The normalized spacial score (nSPS) is 22.2. The summed E-state index contributed by atoms with van der Waals surface area (Å²) in [6.45, 7) is 4.55. The van der Waals surface area contributed by atoms with E-state index in [2.05, 4.69) is 28.6 Å². The average molecular weight is 454 g/mol. The highest BCUT2D eigenvalue weighted by atomic mass is 16.6. The highest BCUT2D eigenvalue weighted by Gasteiger charge is 2.29. The van der Waals surface area contributed by atoms with Crippen molar-refractivity contribution in [3.8, 4) is 0 Å². The average Bonchev–Trinajstić information content (AvgIpc) is 3.16. The molecule has 0 aromatic heterocycles. The zero-order chi connectivity index (χ0) is 23.4. The van der Waals surface area contributed by atoms with Gasteiger partial charge in [0, 0.05) is 24.9 Å². The lowest BCUT2D eigenvalue weighted by molar-refractivity contribution is 0.0455. The molecule has 1 N–H and O–H groups in total. The maximum Gasteiger partial charge on any atom is 0.245 e. The van der Waals surface area contributed by atoms with Crippen LogP contribution in [0.15, 0.2) is 56.8 Å². The standard InChI is InChI=1S/C25H35N5O3/c1-17-9-8-12-22(30-25(31)29(3)27-28-30)21(17)16-33-23-14-13-20(15-18(23)2)24(26-32-4)19-10-6-5-7-11-19/h8-9,12,15,19,25,31H,5-7,10-11,13-14,16H2,1-4H3. The molecule has 1 saturated carbocycles. The highest BCUT2D eigenvalue weighted by Crippen LogP contribution is 2.35. The monoisotopic (exact) mass is 453 g/mol. The number of rotatable bonds is 7. The number of hydrogen-bond acceptors (Lipinski definition) is 8. The molecular weight excluding hydrogens is 418 g/mol. The minimum Gasteiger partial charge on any atom is -0.493 e. The first-order valence-electron chi connectivity index (χ1n) is 11.8. The third-order valence-electron chi connectivity index (χ3n) is 6.82. The Labute approximate surface area is 196 Å². The molecule has 1 heterocycles. The van der Waals surface area contributed by atoms with E-state index in [0.29, 0.717) is 12.5 Å². The third-order valence-corrected chi connectivity index (χ3v) is 6.82. The predicted molar refractivity (Wildman–Crippen MR) is 128 cm³/mol. The van der Waals surface area contributed by atoms with Crippen LogP contribution in [0.5, 0.6) is 0 Å². The van der Waals surface area contributed by atoms with Gasteiger partial charge in [0.15, 0.2) is 0 Å². The molecule has 3 aliphatic rings. The van der Waals surface area contributed by atoms with Gasteiger partial charge in [-0.25, -0.2) is 5.01 Å². The molecule has 1 aromatic carbocycles. The van der Waals surface area contributed by atoms with Gasteiger partial charge in [-0.3, -0.25) is 0 Å². The van der Waals surface area contributed by atoms with Crippen LogP contribution in [0.25, 0.3) is 0 Å². The number of aryl methyl sites for hydroxylation is 1. The second kappa shape index (κ2) is 10.4. The van der Waals surface area contributed by atoms with Crippen LogP contribution in [0.4, 0.5) is 5.69 Å². The molecular formula is C25H35N5O3. The van der Waals surface area contributed by atoms with E-state index in [0.717, 1.165) is 46.7 Å². The maximum atomic E-state index is 10.4. The molecule has 1 atom stereocenters. The summed E-state index contributed by atoms with van der Waals surface area (Å²) in [5.74, 6) is 1.49. The summed E-state index contributed by atoms with van der Waals surface area (Å²) < 4.78 is 6.33. The Kier molecular flexibility index (Phi) is 7.33. The first kappa shape index (κ1) is 23.3. The van der Waals surface area contributed by atoms with Crippen LogP contribution in [0.3, 0.4) is 0 Å². The summed E-state index contributed by atoms with van der Waals surface area (Å²) in [6, 6.07) is 5.94. The summed E-state index contributed by atoms with van der Waals surface area (Å²) in [6.07, 6.45) is 9.27. The largest absolute Gasteiger partial charge is 0.493 e. The van der Waals surface area contributed by atoms with Gasteiger partial charge in [0.05, 0.1) is 17.2 Å². The Balaban J connectivity index is 1.51. The molecule has 1 unspecified atom stereocenters. The maximum absolute atomic E-state index is 10.4. The molecule has 0 amide bonds. The number of oxime groups is 1. The Hall–Kier alpha value is -2.87. The Morgan fingerprint density at radius 3 is 2.61 bits per heavy atom. The predicted octanol–water partition coefficient (Wildman–Crippen LogP) is 5.40. The molecule has 4 rings (SSSR count). The number of allylic oxidation sites excluding steroid dienone is 4. The van der Waals surface area contributed by atoms with Crippen molar-refractivity contribution in [1.29, 1.82) is 0 Å².